The molecule has 0 heterocycles. The van der Waals surface area contributed by atoms with E-state index in [9.17, 15) is 19.7 Å². The monoisotopic (exact) mass is 292 g/mol. The predicted octanol–water partition coefficient (Wildman–Crippen LogP) is 1.89. The highest BCUT2D eigenvalue weighted by Crippen LogP contribution is 2.34. The van der Waals surface area contributed by atoms with Crippen molar-refractivity contribution < 1.29 is 19.6 Å². The molecule has 21 heavy (non-hydrogen) atoms. The molecule has 0 bridgehead atoms. The molecule has 0 aromatic heterocycles. The van der Waals surface area contributed by atoms with Gasteiger partial charge < -0.3 is 10.4 Å². The molecule has 1 amide bonds. The zero-order valence-electron chi connectivity index (χ0n) is 11.5. The highest BCUT2D eigenvalue weighted by atomic mass is 16.6. The second kappa shape index (κ2) is 5.90. The van der Waals surface area contributed by atoms with Crippen LogP contribution in [0.3, 0.4) is 0 Å². The van der Waals surface area contributed by atoms with Crippen LogP contribution in [0.4, 0.5) is 5.69 Å². The Morgan fingerprint density at radius 1 is 1.48 bits per heavy atom. The minimum atomic E-state index is -0.994. The van der Waals surface area contributed by atoms with E-state index in [1.807, 2.05) is 0 Å². The van der Waals surface area contributed by atoms with Gasteiger partial charge in [-0.1, -0.05) is 12.1 Å². The van der Waals surface area contributed by atoms with Crippen molar-refractivity contribution in [2.24, 2.45) is 5.92 Å². The number of rotatable bonds is 6. The van der Waals surface area contributed by atoms with Crippen molar-refractivity contribution in [2.45, 2.75) is 32.2 Å². The number of nitrogens with one attached hydrogen (secondary N) is 1. The quantitative estimate of drug-likeness (QED) is 0.614. The molecule has 1 fully saturated rings. The maximum atomic E-state index is 12.3. The van der Waals surface area contributed by atoms with Crippen LogP contribution in [0.15, 0.2) is 18.2 Å². The van der Waals surface area contributed by atoms with Gasteiger partial charge in [0.15, 0.2) is 0 Å². The van der Waals surface area contributed by atoms with Crippen LogP contribution in [0, 0.1) is 23.0 Å². The van der Waals surface area contributed by atoms with Crippen LogP contribution in [0.1, 0.15) is 35.2 Å². The molecule has 2 rings (SSSR count). The maximum Gasteiger partial charge on any atom is 0.305 e. The lowest BCUT2D eigenvalue weighted by Gasteiger charge is -2.17. The molecule has 1 unspecified atom stereocenters. The van der Waals surface area contributed by atoms with Crippen LogP contribution in [0.2, 0.25) is 0 Å². The van der Waals surface area contributed by atoms with Crippen LogP contribution in [-0.2, 0) is 4.79 Å². The summed E-state index contributed by atoms with van der Waals surface area (Å²) >= 11 is 0. The van der Waals surface area contributed by atoms with E-state index in [1.165, 1.54) is 12.1 Å². The zero-order chi connectivity index (χ0) is 15.6. The largest absolute Gasteiger partial charge is 0.481 e. The number of nitro benzene ring substituents is 1. The Morgan fingerprint density at radius 2 is 2.14 bits per heavy atom. The molecule has 7 heteroatoms. The molecule has 0 radical (unpaired) electrons. The molecular formula is C14H16N2O5. The number of carboxylic acids is 1. The molecule has 2 N–H and O–H groups in total. The van der Waals surface area contributed by atoms with Gasteiger partial charge in [0.2, 0.25) is 0 Å². The van der Waals surface area contributed by atoms with E-state index in [4.69, 9.17) is 5.11 Å². The molecule has 1 aliphatic rings. The first-order valence-electron chi connectivity index (χ1n) is 6.66. The Bertz CT molecular complexity index is 595. The first-order valence-corrected chi connectivity index (χ1v) is 6.66. The first kappa shape index (κ1) is 15.0. The lowest BCUT2D eigenvalue weighted by atomic mass is 10.0. The number of amides is 1. The number of aryl methyl sites for hydroxylation is 1. The Hall–Kier alpha value is -2.44. The number of nitrogens with zero attached hydrogens (tertiary/aromatic N) is 1. The number of carboxylic acid groups (broad SMARTS) is 1. The number of hydrogen-bond acceptors (Lipinski definition) is 4. The second-order valence-corrected chi connectivity index (χ2v) is 5.24. The molecule has 1 aromatic rings. The van der Waals surface area contributed by atoms with Gasteiger partial charge in [-0.05, 0) is 31.2 Å². The summed E-state index contributed by atoms with van der Waals surface area (Å²) in [5, 5.41) is 22.5. The predicted molar refractivity (Wildman–Crippen MR) is 74.1 cm³/mol. The molecule has 1 aromatic carbocycles. The number of carbonyl (C=O) groups excluding carboxylic acids is 1. The van der Waals surface area contributed by atoms with Crippen LogP contribution in [0.25, 0.3) is 0 Å². The first-order chi connectivity index (χ1) is 9.90. The van der Waals surface area contributed by atoms with Crippen LogP contribution in [-0.4, -0.2) is 27.9 Å². The Morgan fingerprint density at radius 3 is 2.67 bits per heavy atom. The highest BCUT2D eigenvalue weighted by molar-refractivity contribution is 5.99. The molecule has 7 nitrogen and oxygen atoms in total. The van der Waals surface area contributed by atoms with Crippen LogP contribution >= 0.6 is 0 Å². The van der Waals surface area contributed by atoms with Crippen molar-refractivity contribution in [1.82, 2.24) is 5.32 Å². The fourth-order valence-electron chi connectivity index (χ4n) is 2.36. The third-order valence-electron chi connectivity index (χ3n) is 3.58. The molecule has 1 saturated carbocycles. The Balaban J connectivity index is 2.23. The summed E-state index contributed by atoms with van der Waals surface area (Å²) in [5.41, 5.74) is 0.225. The average molecular weight is 292 g/mol. The van der Waals surface area contributed by atoms with Gasteiger partial charge in [-0.15, -0.1) is 0 Å². The maximum absolute atomic E-state index is 12.3. The van der Waals surface area contributed by atoms with Crippen molar-refractivity contribution in [1.29, 1.82) is 0 Å². The summed E-state index contributed by atoms with van der Waals surface area (Å²) < 4.78 is 0. The van der Waals surface area contributed by atoms with E-state index in [0.29, 0.717) is 5.56 Å². The fourth-order valence-corrected chi connectivity index (χ4v) is 2.36. The zero-order valence-corrected chi connectivity index (χ0v) is 11.5. The summed E-state index contributed by atoms with van der Waals surface area (Å²) in [5.74, 6) is -1.43. The van der Waals surface area contributed by atoms with E-state index in [2.05, 4.69) is 5.32 Å². The van der Waals surface area contributed by atoms with Gasteiger partial charge in [0.25, 0.3) is 11.6 Å². The van der Waals surface area contributed by atoms with Crippen LogP contribution in [0.5, 0.6) is 0 Å². The summed E-state index contributed by atoms with van der Waals surface area (Å²) in [6.45, 7) is 1.62. The number of aliphatic carboxylic acids is 1. The van der Waals surface area contributed by atoms with Crippen molar-refractivity contribution in [2.75, 3.05) is 0 Å². The van der Waals surface area contributed by atoms with E-state index < -0.39 is 22.8 Å². The normalized spacial score (nSPS) is 15.3. The number of nitro groups is 1. The van der Waals surface area contributed by atoms with Gasteiger partial charge in [-0.2, -0.15) is 0 Å². The summed E-state index contributed by atoms with van der Waals surface area (Å²) in [7, 11) is 0. The summed E-state index contributed by atoms with van der Waals surface area (Å²) in [6.07, 6.45) is 1.57. The summed E-state index contributed by atoms with van der Waals surface area (Å²) in [6, 6.07) is 3.92. The number of hydrogen-bond donors (Lipinski definition) is 2. The smallest absolute Gasteiger partial charge is 0.305 e. The SMILES string of the molecule is Cc1cccc([N+](=O)[O-])c1C(=O)NC(CC(=O)O)C1CC1. The lowest BCUT2D eigenvalue weighted by molar-refractivity contribution is -0.385. The van der Waals surface area contributed by atoms with Crippen molar-refractivity contribution >= 4 is 17.6 Å². The van der Waals surface area contributed by atoms with E-state index in [0.717, 1.165) is 12.8 Å². The fraction of sp³-hybridized carbons (Fsp3) is 0.429. The molecule has 1 atom stereocenters. The second-order valence-electron chi connectivity index (χ2n) is 5.24. The molecule has 0 aliphatic heterocycles. The highest BCUT2D eigenvalue weighted by Gasteiger charge is 2.35. The molecule has 0 saturated heterocycles. The molecule has 112 valence electrons. The Labute approximate surface area is 121 Å². The third-order valence-corrected chi connectivity index (χ3v) is 3.58. The van der Waals surface area contributed by atoms with E-state index >= 15 is 0 Å². The minimum Gasteiger partial charge on any atom is -0.481 e. The van der Waals surface area contributed by atoms with E-state index in [-0.39, 0.29) is 23.6 Å². The number of carbonyl (C=O) groups is 2. The third kappa shape index (κ3) is 3.56. The van der Waals surface area contributed by atoms with Crippen molar-refractivity contribution in [3.05, 3.63) is 39.4 Å². The number of benzene rings is 1. The molecule has 1 aliphatic carbocycles. The van der Waals surface area contributed by atoms with Crippen molar-refractivity contribution in [3.8, 4) is 0 Å². The van der Waals surface area contributed by atoms with Gasteiger partial charge in [-0.3, -0.25) is 19.7 Å². The topological polar surface area (TPSA) is 110 Å². The van der Waals surface area contributed by atoms with Gasteiger partial charge in [0.1, 0.15) is 5.56 Å². The standard InChI is InChI=1S/C14H16N2O5/c1-8-3-2-4-11(16(20)21)13(8)14(19)15-10(7-12(17)18)9-5-6-9/h2-4,9-10H,5-7H2,1H3,(H,15,19)(H,17,18). The van der Waals surface area contributed by atoms with Crippen LogP contribution < -0.4 is 5.32 Å². The minimum absolute atomic E-state index is 0.00135. The average Bonchev–Trinajstić information content (AvgIpc) is 3.20. The van der Waals surface area contributed by atoms with Gasteiger partial charge in [0, 0.05) is 12.1 Å². The van der Waals surface area contributed by atoms with Crippen molar-refractivity contribution in [3.63, 3.8) is 0 Å². The lowest BCUT2D eigenvalue weighted by Crippen LogP contribution is -2.38. The van der Waals surface area contributed by atoms with E-state index in [1.54, 1.807) is 13.0 Å². The van der Waals surface area contributed by atoms with Gasteiger partial charge in [0.05, 0.1) is 11.3 Å². The Kier molecular flexibility index (Phi) is 4.21. The van der Waals surface area contributed by atoms with Gasteiger partial charge >= 0.3 is 5.97 Å². The van der Waals surface area contributed by atoms with Gasteiger partial charge in [-0.25, -0.2) is 0 Å². The molecular weight excluding hydrogens is 276 g/mol. The summed E-state index contributed by atoms with van der Waals surface area (Å²) in [4.78, 5) is 33.6. The molecule has 0 spiro atoms.